The number of hydrogen-bond donors (Lipinski definition) is 2. The molecule has 0 saturated heterocycles. The summed E-state index contributed by atoms with van der Waals surface area (Å²) in [5.41, 5.74) is 2.41. The smallest absolute Gasteiger partial charge is 0.216 e. The predicted molar refractivity (Wildman–Crippen MR) is 82.0 cm³/mol. The van der Waals surface area contributed by atoms with Crippen LogP contribution in [0.15, 0.2) is 54.9 Å². The van der Waals surface area contributed by atoms with Gasteiger partial charge in [-0.1, -0.05) is 30.3 Å². The summed E-state index contributed by atoms with van der Waals surface area (Å²) in [5.74, 6) is -0.0194. The number of rotatable bonds is 5. The first kappa shape index (κ1) is 13.8. The van der Waals surface area contributed by atoms with E-state index in [2.05, 4.69) is 14.7 Å². The van der Waals surface area contributed by atoms with Crippen LogP contribution in [0.3, 0.4) is 0 Å². The summed E-state index contributed by atoms with van der Waals surface area (Å²) in [7, 11) is -3.36. The highest BCUT2D eigenvalue weighted by Crippen LogP contribution is 2.15. The highest BCUT2D eigenvalue weighted by atomic mass is 32.2. The normalized spacial score (nSPS) is 11.8. The van der Waals surface area contributed by atoms with Gasteiger partial charge in [-0.2, -0.15) is 0 Å². The Hall–Kier alpha value is -2.18. The summed E-state index contributed by atoms with van der Waals surface area (Å²) >= 11 is 0. The lowest BCUT2D eigenvalue weighted by atomic mass is 10.2. The molecule has 2 N–H and O–H groups in total. The second kappa shape index (κ2) is 5.67. The lowest BCUT2D eigenvalue weighted by molar-refractivity contribution is 0.580. The Bertz CT molecular complexity index is 841. The van der Waals surface area contributed by atoms with Crippen LogP contribution in [0.1, 0.15) is 11.1 Å². The van der Waals surface area contributed by atoms with Crippen molar-refractivity contribution in [3.8, 4) is 0 Å². The van der Waals surface area contributed by atoms with Crippen molar-refractivity contribution in [1.82, 2.24) is 14.7 Å². The summed E-state index contributed by atoms with van der Waals surface area (Å²) in [6, 6.07) is 12.9. The van der Waals surface area contributed by atoms with E-state index in [0.717, 1.165) is 22.2 Å². The van der Waals surface area contributed by atoms with E-state index in [9.17, 15) is 8.42 Å². The zero-order valence-corrected chi connectivity index (χ0v) is 12.1. The standard InChI is InChI=1S/C15H15N3O2S/c19-21(20,11-12-5-2-1-3-6-12)18-10-13-9-17-15-14(13)7-4-8-16-15/h1-9,18H,10-11H2,(H,16,17). The predicted octanol–water partition coefficient (Wildman–Crippen LogP) is 2.18. The Morgan fingerprint density at radius 1 is 1.10 bits per heavy atom. The van der Waals surface area contributed by atoms with Crippen LogP contribution in [0.25, 0.3) is 11.0 Å². The lowest BCUT2D eigenvalue weighted by Crippen LogP contribution is -2.24. The Balaban J connectivity index is 1.72. The zero-order valence-electron chi connectivity index (χ0n) is 11.3. The number of nitrogens with one attached hydrogen (secondary N) is 2. The SMILES string of the molecule is O=S(=O)(Cc1ccccc1)NCc1c[nH]c2ncccc12. The fourth-order valence-corrected chi connectivity index (χ4v) is 3.30. The molecule has 0 saturated carbocycles. The van der Waals surface area contributed by atoms with Crippen molar-refractivity contribution in [3.63, 3.8) is 0 Å². The van der Waals surface area contributed by atoms with Gasteiger partial charge in [0, 0.05) is 24.3 Å². The molecule has 2 heterocycles. The summed E-state index contributed by atoms with van der Waals surface area (Å²) in [6.45, 7) is 0.251. The van der Waals surface area contributed by atoms with Gasteiger partial charge in [0.2, 0.25) is 10.0 Å². The number of fused-ring (bicyclic) bond motifs is 1. The highest BCUT2D eigenvalue weighted by molar-refractivity contribution is 7.88. The van der Waals surface area contributed by atoms with Gasteiger partial charge >= 0.3 is 0 Å². The van der Waals surface area contributed by atoms with Crippen LogP contribution in [0.4, 0.5) is 0 Å². The zero-order chi connectivity index (χ0) is 14.7. The molecule has 5 nitrogen and oxygen atoms in total. The monoisotopic (exact) mass is 301 g/mol. The second-order valence-electron chi connectivity index (χ2n) is 4.78. The number of aromatic amines is 1. The molecule has 108 valence electrons. The molecule has 0 radical (unpaired) electrons. The molecule has 0 spiro atoms. The Morgan fingerprint density at radius 2 is 1.90 bits per heavy atom. The molecule has 0 aliphatic carbocycles. The lowest BCUT2D eigenvalue weighted by Gasteiger charge is -2.06. The molecule has 0 unspecified atom stereocenters. The van der Waals surface area contributed by atoms with Gasteiger partial charge in [-0.25, -0.2) is 18.1 Å². The Labute approximate surface area is 123 Å². The molecule has 0 aliphatic heterocycles. The van der Waals surface area contributed by atoms with Gasteiger partial charge in [0.1, 0.15) is 5.65 Å². The number of benzene rings is 1. The number of H-pyrrole nitrogens is 1. The quantitative estimate of drug-likeness (QED) is 0.758. The second-order valence-corrected chi connectivity index (χ2v) is 6.59. The van der Waals surface area contributed by atoms with Crippen molar-refractivity contribution >= 4 is 21.1 Å². The van der Waals surface area contributed by atoms with E-state index < -0.39 is 10.0 Å². The third-order valence-electron chi connectivity index (χ3n) is 3.22. The average molecular weight is 301 g/mol. The van der Waals surface area contributed by atoms with Gasteiger partial charge in [-0.05, 0) is 23.3 Å². The van der Waals surface area contributed by atoms with Crippen molar-refractivity contribution < 1.29 is 8.42 Å². The van der Waals surface area contributed by atoms with Crippen LogP contribution >= 0.6 is 0 Å². The molecule has 0 aliphatic rings. The number of sulfonamides is 1. The third-order valence-corrected chi connectivity index (χ3v) is 4.52. The minimum atomic E-state index is -3.36. The first-order chi connectivity index (χ1) is 10.1. The van der Waals surface area contributed by atoms with E-state index in [1.165, 1.54) is 0 Å². The molecule has 0 amide bonds. The maximum absolute atomic E-state index is 12.1. The van der Waals surface area contributed by atoms with Gasteiger partial charge < -0.3 is 4.98 Å². The van der Waals surface area contributed by atoms with E-state index in [1.54, 1.807) is 24.5 Å². The Morgan fingerprint density at radius 3 is 2.71 bits per heavy atom. The number of nitrogens with zero attached hydrogens (tertiary/aromatic N) is 1. The minimum absolute atomic E-state index is 0.0194. The van der Waals surface area contributed by atoms with Crippen molar-refractivity contribution in [2.24, 2.45) is 0 Å². The molecule has 0 fully saturated rings. The molecule has 0 atom stereocenters. The molecule has 6 heteroatoms. The number of aromatic nitrogens is 2. The van der Waals surface area contributed by atoms with Crippen molar-refractivity contribution in [3.05, 3.63) is 66.0 Å². The highest BCUT2D eigenvalue weighted by Gasteiger charge is 2.12. The molecule has 0 bridgehead atoms. The van der Waals surface area contributed by atoms with Crippen LogP contribution in [0.5, 0.6) is 0 Å². The number of hydrogen-bond acceptors (Lipinski definition) is 3. The molecule has 3 aromatic rings. The molecule has 2 aromatic heterocycles. The largest absolute Gasteiger partial charge is 0.346 e. The maximum atomic E-state index is 12.1. The molecular weight excluding hydrogens is 286 g/mol. The van der Waals surface area contributed by atoms with Crippen molar-refractivity contribution in [1.29, 1.82) is 0 Å². The maximum Gasteiger partial charge on any atom is 0.216 e. The number of pyridine rings is 1. The fourth-order valence-electron chi connectivity index (χ4n) is 2.19. The molecule has 1 aromatic carbocycles. The van der Waals surface area contributed by atoms with Crippen LogP contribution < -0.4 is 4.72 Å². The van der Waals surface area contributed by atoms with Crippen LogP contribution in [-0.2, 0) is 22.3 Å². The van der Waals surface area contributed by atoms with Crippen LogP contribution in [0, 0.1) is 0 Å². The van der Waals surface area contributed by atoms with Gasteiger partial charge in [-0.3, -0.25) is 0 Å². The van der Waals surface area contributed by atoms with Crippen molar-refractivity contribution in [2.45, 2.75) is 12.3 Å². The third kappa shape index (κ3) is 3.29. The topological polar surface area (TPSA) is 74.8 Å². The minimum Gasteiger partial charge on any atom is -0.346 e. The molecule has 21 heavy (non-hydrogen) atoms. The van der Waals surface area contributed by atoms with E-state index in [1.807, 2.05) is 30.3 Å². The molecule has 3 rings (SSSR count). The first-order valence-electron chi connectivity index (χ1n) is 6.56. The average Bonchev–Trinajstić information content (AvgIpc) is 2.89. The van der Waals surface area contributed by atoms with E-state index in [4.69, 9.17) is 0 Å². The van der Waals surface area contributed by atoms with E-state index in [0.29, 0.717) is 0 Å². The summed E-state index contributed by atoms with van der Waals surface area (Å²) in [4.78, 5) is 7.21. The van der Waals surface area contributed by atoms with E-state index in [-0.39, 0.29) is 12.3 Å². The first-order valence-corrected chi connectivity index (χ1v) is 8.21. The van der Waals surface area contributed by atoms with Crippen LogP contribution in [0.2, 0.25) is 0 Å². The van der Waals surface area contributed by atoms with E-state index >= 15 is 0 Å². The molecular formula is C15H15N3O2S. The summed E-state index contributed by atoms with van der Waals surface area (Å²) in [6.07, 6.45) is 3.48. The Kier molecular flexibility index (Phi) is 3.72. The van der Waals surface area contributed by atoms with Gasteiger partial charge in [0.05, 0.1) is 5.75 Å². The summed E-state index contributed by atoms with van der Waals surface area (Å²) in [5, 5.41) is 0.930. The van der Waals surface area contributed by atoms with Crippen LogP contribution in [-0.4, -0.2) is 18.4 Å². The summed E-state index contributed by atoms with van der Waals surface area (Å²) < 4.78 is 26.8. The van der Waals surface area contributed by atoms with Gasteiger partial charge in [0.25, 0.3) is 0 Å². The fraction of sp³-hybridized carbons (Fsp3) is 0.133. The van der Waals surface area contributed by atoms with Gasteiger partial charge in [0.15, 0.2) is 0 Å². The van der Waals surface area contributed by atoms with Crippen molar-refractivity contribution in [2.75, 3.05) is 0 Å². The van der Waals surface area contributed by atoms with Gasteiger partial charge in [-0.15, -0.1) is 0 Å².